The first-order valence-electron chi connectivity index (χ1n) is 8.43. The van der Waals surface area contributed by atoms with Crippen LogP contribution in [0.5, 0.6) is 0 Å². The maximum absolute atomic E-state index is 14.0. The molecule has 0 unspecified atom stereocenters. The Hall–Kier alpha value is -2.00. The predicted molar refractivity (Wildman–Crippen MR) is 126 cm³/mol. The summed E-state index contributed by atoms with van der Waals surface area (Å²) in [4.78, 5) is 22.9. The van der Waals surface area contributed by atoms with E-state index in [0.717, 1.165) is 30.8 Å². The van der Waals surface area contributed by atoms with Crippen LogP contribution in [0, 0.1) is 11.6 Å². The van der Waals surface area contributed by atoms with Gasteiger partial charge < -0.3 is 0 Å². The first-order chi connectivity index (χ1) is 14.4. The van der Waals surface area contributed by atoms with E-state index in [4.69, 9.17) is 0 Å². The molecule has 0 amide bonds. The molecule has 152 valence electrons. The van der Waals surface area contributed by atoms with Crippen LogP contribution in [0.2, 0.25) is 0 Å². The highest BCUT2D eigenvalue weighted by molar-refractivity contribution is 9.13. The predicted octanol–water partition coefficient (Wildman–Crippen LogP) is 8.26. The third kappa shape index (κ3) is 5.18. The normalized spacial score (nSPS) is 10.3. The molecule has 2 nitrogen and oxygen atoms in total. The molecule has 2 aromatic heterocycles. The van der Waals surface area contributed by atoms with Crippen molar-refractivity contribution in [3.05, 3.63) is 90.3 Å². The van der Waals surface area contributed by atoms with Crippen LogP contribution in [-0.4, -0.2) is 12.6 Å². The number of carbonyl (C=O) groups excluding carboxylic acids is 2. The molecule has 0 radical (unpaired) electrons. The fourth-order valence-corrected chi connectivity index (χ4v) is 5.53. The summed E-state index contributed by atoms with van der Waals surface area (Å²) in [7, 11) is 0. The van der Waals surface area contributed by atoms with Crippen LogP contribution in [0.15, 0.2) is 68.9 Å². The summed E-state index contributed by atoms with van der Waals surface area (Å²) in [5.41, 5.74) is 1.26. The third-order valence-electron chi connectivity index (χ3n) is 3.93. The number of rotatable bonds is 4. The molecule has 0 bridgehead atoms. The van der Waals surface area contributed by atoms with E-state index in [-0.39, 0.29) is 0 Å². The lowest BCUT2D eigenvalue weighted by Crippen LogP contribution is -1.86. The second-order valence-electron chi connectivity index (χ2n) is 5.86. The Balaban J connectivity index is 0.000000239. The molecule has 0 fully saturated rings. The number of hydrogen-bond acceptors (Lipinski definition) is 4. The lowest BCUT2D eigenvalue weighted by molar-refractivity contribution is 0.111. The van der Waals surface area contributed by atoms with Gasteiger partial charge in [-0.1, -0.05) is 36.4 Å². The van der Waals surface area contributed by atoms with Crippen LogP contribution in [0.1, 0.15) is 19.3 Å². The Labute approximate surface area is 196 Å². The highest BCUT2D eigenvalue weighted by Gasteiger charge is 2.17. The summed E-state index contributed by atoms with van der Waals surface area (Å²) >= 11 is 9.10. The summed E-state index contributed by atoms with van der Waals surface area (Å²) in [6, 6.07) is 15.9. The van der Waals surface area contributed by atoms with Crippen molar-refractivity contribution in [2.75, 3.05) is 0 Å². The zero-order chi connectivity index (χ0) is 21.7. The van der Waals surface area contributed by atoms with E-state index < -0.39 is 11.6 Å². The molecular weight excluding hydrogens is 558 g/mol. The van der Waals surface area contributed by atoms with E-state index in [9.17, 15) is 18.4 Å². The van der Waals surface area contributed by atoms with Gasteiger partial charge in [0, 0.05) is 26.0 Å². The topological polar surface area (TPSA) is 34.1 Å². The highest BCUT2D eigenvalue weighted by Crippen LogP contribution is 2.40. The summed E-state index contributed by atoms with van der Waals surface area (Å²) < 4.78 is 29.9. The Bertz CT molecular complexity index is 1120. The highest BCUT2D eigenvalue weighted by atomic mass is 79.9. The maximum atomic E-state index is 14.0. The SMILES string of the molecule is O=Cc1cc(-c2ccccc2F)c(-c2ccccc2F)s1.O=Cc1cc(Br)c(Br)s1. The van der Waals surface area contributed by atoms with Gasteiger partial charge in [-0.2, -0.15) is 0 Å². The standard InChI is InChI=1S/C17H10F2OS.C5H2Br2OS/c18-15-7-3-1-5-12(15)14-9-11(10-20)21-17(14)13-6-2-4-8-16(13)19;6-4-1-3(2-8)9-5(4)7/h1-10H;1-2H. The number of halogens is 4. The number of aldehydes is 2. The average molecular weight is 570 g/mol. The van der Waals surface area contributed by atoms with Crippen molar-refractivity contribution in [2.24, 2.45) is 0 Å². The van der Waals surface area contributed by atoms with Crippen molar-refractivity contribution in [1.29, 1.82) is 0 Å². The second kappa shape index (κ2) is 10.3. The largest absolute Gasteiger partial charge is 0.297 e. The van der Waals surface area contributed by atoms with Crippen molar-refractivity contribution >= 4 is 67.1 Å². The quantitative estimate of drug-likeness (QED) is 0.232. The summed E-state index contributed by atoms with van der Waals surface area (Å²) in [5, 5.41) is 0. The molecule has 30 heavy (non-hydrogen) atoms. The van der Waals surface area contributed by atoms with Crippen molar-refractivity contribution < 1.29 is 18.4 Å². The first-order valence-corrected chi connectivity index (χ1v) is 11.6. The van der Waals surface area contributed by atoms with Crippen LogP contribution in [-0.2, 0) is 0 Å². The van der Waals surface area contributed by atoms with Gasteiger partial charge in [-0.25, -0.2) is 8.78 Å². The van der Waals surface area contributed by atoms with Crippen molar-refractivity contribution in [1.82, 2.24) is 0 Å². The molecule has 0 aliphatic carbocycles. The Morgan fingerprint density at radius 2 is 1.23 bits per heavy atom. The van der Waals surface area contributed by atoms with Gasteiger partial charge >= 0.3 is 0 Å². The van der Waals surface area contributed by atoms with Gasteiger partial charge in [-0.3, -0.25) is 9.59 Å². The van der Waals surface area contributed by atoms with E-state index in [0.29, 0.717) is 32.7 Å². The first kappa shape index (κ1) is 22.7. The fraction of sp³-hybridized carbons (Fsp3) is 0. The zero-order valence-electron chi connectivity index (χ0n) is 15.1. The molecule has 0 atom stereocenters. The van der Waals surface area contributed by atoms with Gasteiger partial charge in [0.1, 0.15) is 11.6 Å². The van der Waals surface area contributed by atoms with Crippen LogP contribution in [0.3, 0.4) is 0 Å². The molecular formula is C22H12Br2F2O2S2. The van der Waals surface area contributed by atoms with Crippen LogP contribution < -0.4 is 0 Å². The summed E-state index contributed by atoms with van der Waals surface area (Å²) in [6.45, 7) is 0. The second-order valence-corrected chi connectivity index (χ2v) is 10.2. The summed E-state index contributed by atoms with van der Waals surface area (Å²) in [5.74, 6) is -0.792. The van der Waals surface area contributed by atoms with Gasteiger partial charge in [0.15, 0.2) is 12.6 Å². The van der Waals surface area contributed by atoms with Crippen LogP contribution in [0.25, 0.3) is 21.6 Å². The molecule has 4 aromatic rings. The molecule has 2 heterocycles. The van der Waals surface area contributed by atoms with Gasteiger partial charge in [0.05, 0.1) is 13.5 Å². The monoisotopic (exact) mass is 568 g/mol. The minimum atomic E-state index is -0.398. The van der Waals surface area contributed by atoms with Gasteiger partial charge in [0.2, 0.25) is 0 Å². The van der Waals surface area contributed by atoms with Crippen molar-refractivity contribution in [3.8, 4) is 21.6 Å². The maximum Gasteiger partial charge on any atom is 0.160 e. The van der Waals surface area contributed by atoms with E-state index in [1.54, 1.807) is 48.5 Å². The summed E-state index contributed by atoms with van der Waals surface area (Å²) in [6.07, 6.45) is 1.53. The lowest BCUT2D eigenvalue weighted by Gasteiger charge is -2.06. The third-order valence-corrected chi connectivity index (χ3v) is 8.21. The minimum Gasteiger partial charge on any atom is -0.297 e. The van der Waals surface area contributed by atoms with Gasteiger partial charge in [-0.05, 0) is 56.1 Å². The number of benzene rings is 2. The molecule has 4 rings (SSSR count). The Kier molecular flexibility index (Phi) is 7.82. The Morgan fingerprint density at radius 1 is 0.700 bits per heavy atom. The number of thiophene rings is 2. The lowest BCUT2D eigenvalue weighted by atomic mass is 10.0. The van der Waals surface area contributed by atoms with Crippen molar-refractivity contribution in [3.63, 3.8) is 0 Å². The number of carbonyl (C=O) groups is 2. The Morgan fingerprint density at radius 3 is 1.70 bits per heavy atom. The molecule has 0 spiro atoms. The average Bonchev–Trinajstić information content (AvgIpc) is 3.32. The van der Waals surface area contributed by atoms with Gasteiger partial charge in [-0.15, -0.1) is 22.7 Å². The van der Waals surface area contributed by atoms with Gasteiger partial charge in [0.25, 0.3) is 0 Å². The molecule has 0 saturated carbocycles. The molecule has 0 aliphatic rings. The molecule has 0 saturated heterocycles. The zero-order valence-corrected chi connectivity index (χ0v) is 19.9. The van der Waals surface area contributed by atoms with E-state index >= 15 is 0 Å². The molecule has 0 aliphatic heterocycles. The van der Waals surface area contributed by atoms with Crippen LogP contribution in [0.4, 0.5) is 8.78 Å². The van der Waals surface area contributed by atoms with E-state index in [1.165, 1.54) is 23.5 Å². The number of hydrogen-bond donors (Lipinski definition) is 0. The molecule has 2 aromatic carbocycles. The smallest absolute Gasteiger partial charge is 0.160 e. The minimum absolute atomic E-state index is 0.361. The van der Waals surface area contributed by atoms with E-state index in [2.05, 4.69) is 31.9 Å². The van der Waals surface area contributed by atoms with Crippen LogP contribution >= 0.6 is 54.5 Å². The molecule has 8 heteroatoms. The van der Waals surface area contributed by atoms with E-state index in [1.807, 2.05) is 0 Å². The fourth-order valence-electron chi connectivity index (χ4n) is 2.61. The molecule has 0 N–H and O–H groups in total. The van der Waals surface area contributed by atoms with Crippen molar-refractivity contribution in [2.45, 2.75) is 0 Å².